The summed E-state index contributed by atoms with van der Waals surface area (Å²) in [6.45, 7) is 1.96. The van der Waals surface area contributed by atoms with Gasteiger partial charge in [-0.25, -0.2) is 0 Å². The van der Waals surface area contributed by atoms with Gasteiger partial charge in [-0.1, -0.05) is 0 Å². The van der Waals surface area contributed by atoms with Crippen molar-refractivity contribution in [3.8, 4) is 0 Å². The first-order valence-electron chi connectivity index (χ1n) is 16.6. The zero-order valence-electron chi connectivity index (χ0n) is 27.7. The van der Waals surface area contributed by atoms with E-state index in [1.807, 2.05) is 6.08 Å². The predicted octanol–water partition coefficient (Wildman–Crippen LogP) is -5.10. The Hall–Kier alpha value is -2.04. The lowest BCUT2D eigenvalue weighted by Crippen LogP contribution is -2.67. The number of hydrogen-bond donors (Lipinski definition) is 12. The fraction of sp³-hybridized carbons (Fsp3) is 0.867. The molecule has 1 saturated heterocycles. The van der Waals surface area contributed by atoms with E-state index in [2.05, 4.69) is 15.6 Å². The third-order valence-electron chi connectivity index (χ3n) is 9.82. The molecule has 0 bridgehead atoms. The number of aliphatic imine (C=N–C) groups is 1. The molecule has 0 spiro atoms. The van der Waals surface area contributed by atoms with Gasteiger partial charge in [0.15, 0.2) is 18.0 Å². The Kier molecular flexibility index (Phi) is 13.2. The van der Waals surface area contributed by atoms with Crippen LogP contribution in [0.2, 0.25) is 0 Å². The largest absolute Gasteiger partial charge is 0.467 e. The molecule has 2 unspecified atom stereocenters. The van der Waals surface area contributed by atoms with Crippen LogP contribution in [0.4, 0.5) is 0 Å². The second-order valence-corrected chi connectivity index (χ2v) is 13.8. The van der Waals surface area contributed by atoms with Gasteiger partial charge in [0.05, 0.1) is 43.5 Å². The summed E-state index contributed by atoms with van der Waals surface area (Å²) in [6.07, 6.45) is -5.38. The Morgan fingerprint density at radius 1 is 1.15 bits per heavy atom. The molecule has 18 nitrogen and oxygen atoms in total. The highest BCUT2D eigenvalue weighted by molar-refractivity contribution is 5.89. The molecule has 17 N–H and O–H groups in total. The number of guanidine groups is 1. The quantitative estimate of drug-likeness (QED) is 0.0565. The molecular formula is C30H56N8O10. The summed E-state index contributed by atoms with van der Waals surface area (Å²) < 4.78 is 24.3. The number of nitrogens with one attached hydrogen (secondary N) is 2. The highest BCUT2D eigenvalue weighted by Crippen LogP contribution is 2.41. The molecule has 2 heterocycles. The van der Waals surface area contributed by atoms with E-state index in [1.165, 1.54) is 6.92 Å². The van der Waals surface area contributed by atoms with Gasteiger partial charge in [0, 0.05) is 31.8 Å². The molecular weight excluding hydrogens is 632 g/mol. The molecule has 48 heavy (non-hydrogen) atoms. The van der Waals surface area contributed by atoms with Gasteiger partial charge in [0.2, 0.25) is 6.29 Å². The maximum atomic E-state index is 13.5. The van der Waals surface area contributed by atoms with Crippen molar-refractivity contribution in [1.29, 1.82) is 0 Å². The predicted molar refractivity (Wildman–Crippen MR) is 173 cm³/mol. The maximum Gasteiger partial charge on any atom is 0.215 e. The summed E-state index contributed by atoms with van der Waals surface area (Å²) in [5, 5.41) is 61.1. The first kappa shape index (κ1) is 38.8. The zero-order valence-corrected chi connectivity index (χ0v) is 27.7. The summed E-state index contributed by atoms with van der Waals surface area (Å²) in [5.41, 5.74) is 25.8. The first-order valence-corrected chi connectivity index (χ1v) is 16.6. The van der Waals surface area contributed by atoms with E-state index in [9.17, 15) is 30.3 Å². The number of hydrogen-bond acceptors (Lipinski definition) is 16. The van der Waals surface area contributed by atoms with Gasteiger partial charge in [-0.05, 0) is 51.8 Å². The summed E-state index contributed by atoms with van der Waals surface area (Å²) in [4.78, 5) is 17.5. The number of nitrogens with zero attached hydrogens (tertiary/aromatic N) is 1. The van der Waals surface area contributed by atoms with Crippen molar-refractivity contribution >= 4 is 11.7 Å². The average molecular weight is 689 g/mol. The molecule has 2 saturated carbocycles. The lowest BCUT2D eigenvalue weighted by atomic mass is 9.69. The number of likely N-dealkylation sites (N-methyl/N-ethyl adjacent to an activating group) is 1. The second-order valence-electron chi connectivity index (χ2n) is 13.8. The molecule has 4 rings (SSSR count). The van der Waals surface area contributed by atoms with Crippen molar-refractivity contribution in [2.24, 2.45) is 39.6 Å². The molecule has 0 aromatic heterocycles. The van der Waals surface area contributed by atoms with Gasteiger partial charge in [-0.15, -0.1) is 0 Å². The van der Waals surface area contributed by atoms with Gasteiger partial charge in [-0.3, -0.25) is 9.79 Å². The van der Waals surface area contributed by atoms with E-state index in [-0.39, 0.29) is 51.3 Å². The Bertz CT molecular complexity index is 1140. The molecule has 276 valence electrons. The van der Waals surface area contributed by atoms with Crippen LogP contribution in [0.3, 0.4) is 0 Å². The SMILES string of the molecule is CN[C@@H]1[C@@H](O)[C@@H](O[C@H]2[C@H](CC(=O)C3(O)CC(N=C(N)N)C3)C[C@H](N)C(O[C@H]3OC(CN)=CC[C@H]3NCC(O)CCN)[C@@H]2O)OC[C@]1(C)O. The van der Waals surface area contributed by atoms with Crippen LogP contribution in [0.15, 0.2) is 16.8 Å². The van der Waals surface area contributed by atoms with E-state index < -0.39 is 90.2 Å². The number of aliphatic hydroxyl groups excluding tert-OH is 3. The number of Topliss-reactive ketones (excluding diaryl/α,β-unsaturated/α-hetero) is 1. The van der Waals surface area contributed by atoms with Gasteiger partial charge in [0.25, 0.3) is 0 Å². The van der Waals surface area contributed by atoms with Gasteiger partial charge in [0.1, 0.15) is 35.3 Å². The third kappa shape index (κ3) is 9.00. The van der Waals surface area contributed by atoms with Crippen molar-refractivity contribution in [1.82, 2.24) is 10.6 Å². The molecule has 0 aromatic rings. The maximum absolute atomic E-state index is 13.5. The van der Waals surface area contributed by atoms with Crippen LogP contribution in [0.5, 0.6) is 0 Å². The minimum absolute atomic E-state index is 0.0378. The number of rotatable bonds is 15. The van der Waals surface area contributed by atoms with Gasteiger partial charge >= 0.3 is 0 Å². The van der Waals surface area contributed by atoms with Crippen molar-refractivity contribution in [2.45, 2.75) is 124 Å². The smallest absolute Gasteiger partial charge is 0.215 e. The lowest BCUT2D eigenvalue weighted by molar-refractivity contribution is -0.308. The Balaban J connectivity index is 1.55. The van der Waals surface area contributed by atoms with E-state index in [0.717, 1.165) is 0 Å². The van der Waals surface area contributed by atoms with Crippen molar-refractivity contribution in [3.63, 3.8) is 0 Å². The molecule has 18 heteroatoms. The number of carbonyl (C=O) groups is 1. The summed E-state index contributed by atoms with van der Waals surface area (Å²) >= 11 is 0. The topological polar surface area (TPSA) is 322 Å². The number of carbonyl (C=O) groups excluding carboxylic acids is 1. The fourth-order valence-electron chi connectivity index (χ4n) is 7.13. The third-order valence-corrected chi connectivity index (χ3v) is 9.82. The minimum Gasteiger partial charge on any atom is -0.467 e. The number of ketones is 1. The average Bonchev–Trinajstić information content (AvgIpc) is 3.00. The Morgan fingerprint density at radius 3 is 2.46 bits per heavy atom. The minimum atomic E-state index is -1.67. The number of ether oxygens (including phenoxy) is 4. The molecule has 12 atom stereocenters. The van der Waals surface area contributed by atoms with Crippen molar-refractivity contribution in [2.75, 3.05) is 33.3 Å². The zero-order chi connectivity index (χ0) is 35.4. The summed E-state index contributed by atoms with van der Waals surface area (Å²) in [7, 11) is 1.58. The van der Waals surface area contributed by atoms with Crippen molar-refractivity contribution in [3.05, 3.63) is 11.8 Å². The van der Waals surface area contributed by atoms with Crippen molar-refractivity contribution < 1.29 is 49.3 Å². The number of nitrogens with two attached hydrogens (primary N) is 5. The second kappa shape index (κ2) is 16.3. The van der Waals surface area contributed by atoms with E-state index in [1.54, 1.807) is 7.05 Å². The summed E-state index contributed by atoms with van der Waals surface area (Å²) in [6, 6.07) is -2.50. The van der Waals surface area contributed by atoms with E-state index in [4.69, 9.17) is 47.6 Å². The monoisotopic (exact) mass is 688 g/mol. The molecule has 4 aliphatic rings. The molecule has 0 radical (unpaired) electrons. The first-order chi connectivity index (χ1) is 22.6. The fourth-order valence-corrected chi connectivity index (χ4v) is 7.13. The van der Waals surface area contributed by atoms with Crippen LogP contribution < -0.4 is 39.3 Å². The van der Waals surface area contributed by atoms with Crippen LogP contribution in [0.25, 0.3) is 0 Å². The Morgan fingerprint density at radius 2 is 1.83 bits per heavy atom. The van der Waals surface area contributed by atoms with Crippen LogP contribution >= 0.6 is 0 Å². The molecule has 2 aliphatic heterocycles. The standard InChI is InChI=1S/C30H56N8O10/c1-29(43)13-45-27(22(42)25(29)36-2)47-23-14(8-20(40)30(44)9-15(10-30)38-28(34)35)7-18(33)24(21(23)41)48-26-19(4-3-17(11-32)46-26)37-12-16(39)5-6-31/h3,14-16,18-19,21-27,36-37,39,41-44H,4-13,31-33H2,1-2H3,(H4,34,35,38)/t14-,15?,16?,18-,19+,21+,22+,23-,24?,25+,26+,27+,29-,30?/m0/s1. The normalized spacial score (nSPS) is 42.2. The molecule has 2 aliphatic carbocycles. The highest BCUT2D eigenvalue weighted by atomic mass is 16.7. The van der Waals surface area contributed by atoms with Crippen LogP contribution in [0.1, 0.15) is 45.4 Å². The molecule has 0 aromatic carbocycles. The lowest BCUT2D eigenvalue weighted by Gasteiger charge is -2.49. The molecule has 3 fully saturated rings. The van der Waals surface area contributed by atoms with Crippen LogP contribution in [-0.4, -0.2) is 149 Å². The van der Waals surface area contributed by atoms with E-state index in [0.29, 0.717) is 25.1 Å². The van der Waals surface area contributed by atoms with Gasteiger partial charge in [-0.2, -0.15) is 0 Å². The van der Waals surface area contributed by atoms with E-state index >= 15 is 0 Å². The Labute approximate surface area is 280 Å². The summed E-state index contributed by atoms with van der Waals surface area (Å²) in [5.74, 6) is -0.878. The van der Waals surface area contributed by atoms with Gasteiger partial charge < -0.3 is 83.8 Å². The molecule has 0 amide bonds. The van der Waals surface area contributed by atoms with Crippen LogP contribution in [0, 0.1) is 5.92 Å². The number of aliphatic hydroxyl groups is 5. The van der Waals surface area contributed by atoms with Crippen LogP contribution in [-0.2, 0) is 23.7 Å². The highest BCUT2D eigenvalue weighted by Gasteiger charge is 2.54.